The molecule has 9 heteroatoms. The molecule has 0 aliphatic carbocycles. The Bertz CT molecular complexity index is 1510. The fraction of sp³-hybridized carbons (Fsp3) is 0.250. The van der Waals surface area contributed by atoms with Crippen LogP contribution in [-0.4, -0.2) is 42.2 Å². The fourth-order valence-electron chi connectivity index (χ4n) is 4.38. The maximum Gasteiger partial charge on any atom is 0.186 e. The molecular formula is C32H34N4O4S. The molecule has 0 spiro atoms. The number of hydrogen-bond donors (Lipinski definition) is 0. The highest BCUT2D eigenvalue weighted by Gasteiger charge is 2.14. The van der Waals surface area contributed by atoms with Crippen molar-refractivity contribution in [3.63, 3.8) is 0 Å². The van der Waals surface area contributed by atoms with Gasteiger partial charge in [0.15, 0.2) is 5.13 Å². The van der Waals surface area contributed by atoms with E-state index in [-0.39, 0.29) is 0 Å². The van der Waals surface area contributed by atoms with Gasteiger partial charge in [0, 0.05) is 30.9 Å². The first-order chi connectivity index (χ1) is 20.2. The second kappa shape index (κ2) is 14.5. The van der Waals surface area contributed by atoms with E-state index in [4.69, 9.17) is 23.9 Å². The number of aromatic nitrogens is 3. The van der Waals surface area contributed by atoms with E-state index in [2.05, 4.69) is 51.8 Å². The van der Waals surface area contributed by atoms with Crippen LogP contribution in [0.1, 0.15) is 22.4 Å². The van der Waals surface area contributed by atoms with Crippen LogP contribution in [-0.2, 0) is 35.8 Å². The predicted molar refractivity (Wildman–Crippen MR) is 161 cm³/mol. The summed E-state index contributed by atoms with van der Waals surface area (Å²) in [6.45, 7) is 3.32. The van der Waals surface area contributed by atoms with Gasteiger partial charge in [0.1, 0.15) is 11.5 Å². The molecule has 0 fully saturated rings. The second-order valence-corrected chi connectivity index (χ2v) is 10.2. The van der Waals surface area contributed by atoms with Crippen molar-refractivity contribution in [1.82, 2.24) is 14.8 Å². The maximum absolute atomic E-state index is 5.87. The molecule has 212 valence electrons. The molecule has 0 saturated heterocycles. The number of ether oxygens (including phenoxy) is 4. The smallest absolute Gasteiger partial charge is 0.186 e. The molecule has 0 unspecified atom stereocenters. The fourth-order valence-corrected chi connectivity index (χ4v) is 5.19. The van der Waals surface area contributed by atoms with Crippen LogP contribution < -0.4 is 14.4 Å². The van der Waals surface area contributed by atoms with Crippen LogP contribution >= 0.6 is 11.3 Å². The van der Waals surface area contributed by atoms with E-state index >= 15 is 0 Å². The number of methoxy groups -OCH3 is 2. The van der Waals surface area contributed by atoms with Crippen LogP contribution in [0, 0.1) is 0 Å². The minimum absolute atomic E-state index is 0.431. The highest BCUT2D eigenvalue weighted by atomic mass is 32.1. The molecule has 5 rings (SSSR count). The molecule has 0 atom stereocenters. The normalized spacial score (nSPS) is 11.0. The molecule has 0 bridgehead atoms. The van der Waals surface area contributed by atoms with Crippen LogP contribution in [0.4, 0.5) is 5.13 Å². The van der Waals surface area contributed by atoms with E-state index in [9.17, 15) is 0 Å². The summed E-state index contributed by atoms with van der Waals surface area (Å²) >= 11 is 1.62. The summed E-state index contributed by atoms with van der Waals surface area (Å²) in [7, 11) is 3.35. The summed E-state index contributed by atoms with van der Waals surface area (Å²) in [5, 5.41) is 7.37. The minimum Gasteiger partial charge on any atom is -0.497 e. The highest BCUT2D eigenvalue weighted by molar-refractivity contribution is 7.13. The summed E-state index contributed by atoms with van der Waals surface area (Å²) in [5.41, 5.74) is 5.31. The first-order valence-electron chi connectivity index (χ1n) is 13.4. The van der Waals surface area contributed by atoms with E-state index in [1.54, 1.807) is 31.8 Å². The average molecular weight is 571 g/mol. The third-order valence-corrected chi connectivity index (χ3v) is 7.35. The SMILES string of the molecule is COc1cccc(COCCOCc2csc(N(Cc3cccc(OC)c3)Cc3cccc(-n4cccn4)c3)n2)c1. The number of rotatable bonds is 15. The lowest BCUT2D eigenvalue weighted by atomic mass is 10.1. The molecule has 2 aromatic heterocycles. The zero-order valence-corrected chi connectivity index (χ0v) is 24.1. The lowest BCUT2D eigenvalue weighted by Gasteiger charge is -2.23. The molecule has 0 aliphatic rings. The van der Waals surface area contributed by atoms with Crippen LogP contribution in [0.2, 0.25) is 0 Å². The van der Waals surface area contributed by atoms with E-state index < -0.39 is 0 Å². The van der Waals surface area contributed by atoms with Gasteiger partial charge in [-0.1, -0.05) is 36.4 Å². The zero-order chi connectivity index (χ0) is 28.3. The minimum atomic E-state index is 0.431. The van der Waals surface area contributed by atoms with Crippen LogP contribution in [0.5, 0.6) is 11.5 Å². The standard InChI is InChI=1S/C32H34N4O4S/c1-37-30-11-4-8-26(18-30)21-35(20-25-7-3-10-29(17-25)36-14-6-13-33-36)32-34-28(24-41-32)23-40-16-15-39-22-27-9-5-12-31(19-27)38-2/h3-14,17-19,24H,15-16,20-23H2,1-2H3. The Morgan fingerprint density at radius 3 is 2.12 bits per heavy atom. The molecule has 0 aliphatic heterocycles. The van der Waals surface area contributed by atoms with Gasteiger partial charge in [-0.25, -0.2) is 9.67 Å². The Labute approximate surface area is 244 Å². The van der Waals surface area contributed by atoms with Crippen LogP contribution in [0.3, 0.4) is 0 Å². The molecule has 8 nitrogen and oxygen atoms in total. The molecule has 41 heavy (non-hydrogen) atoms. The molecule has 0 radical (unpaired) electrons. The number of nitrogens with zero attached hydrogens (tertiary/aromatic N) is 4. The molecule has 5 aromatic rings. The summed E-state index contributed by atoms with van der Waals surface area (Å²) in [6.07, 6.45) is 3.73. The summed E-state index contributed by atoms with van der Waals surface area (Å²) < 4.78 is 24.2. The van der Waals surface area contributed by atoms with E-state index in [1.165, 1.54) is 5.56 Å². The van der Waals surface area contributed by atoms with Gasteiger partial charge in [-0.15, -0.1) is 11.3 Å². The zero-order valence-electron chi connectivity index (χ0n) is 23.3. The third kappa shape index (κ3) is 8.17. The Morgan fingerprint density at radius 1 is 0.756 bits per heavy atom. The third-order valence-electron chi connectivity index (χ3n) is 6.40. The largest absolute Gasteiger partial charge is 0.497 e. The van der Waals surface area contributed by atoms with Gasteiger partial charge in [-0.2, -0.15) is 5.10 Å². The summed E-state index contributed by atoms with van der Waals surface area (Å²) in [4.78, 5) is 7.20. The summed E-state index contributed by atoms with van der Waals surface area (Å²) in [6, 6.07) is 26.4. The summed E-state index contributed by atoms with van der Waals surface area (Å²) in [5.74, 6) is 1.66. The molecule has 3 aromatic carbocycles. The van der Waals surface area contributed by atoms with Crippen molar-refractivity contribution in [2.24, 2.45) is 0 Å². The second-order valence-electron chi connectivity index (χ2n) is 9.41. The average Bonchev–Trinajstić information content (AvgIpc) is 3.72. The Balaban J connectivity index is 1.20. The van der Waals surface area contributed by atoms with E-state index in [0.717, 1.165) is 39.1 Å². The van der Waals surface area contributed by atoms with Crippen molar-refractivity contribution in [3.8, 4) is 17.2 Å². The van der Waals surface area contributed by atoms with Gasteiger partial charge in [-0.05, 0) is 59.2 Å². The molecule has 0 saturated carbocycles. The number of thiazole rings is 1. The van der Waals surface area contributed by atoms with Gasteiger partial charge in [0.25, 0.3) is 0 Å². The number of hydrogen-bond acceptors (Lipinski definition) is 8. The highest BCUT2D eigenvalue weighted by Crippen LogP contribution is 2.26. The number of anilines is 1. The lowest BCUT2D eigenvalue weighted by Crippen LogP contribution is -2.22. The van der Waals surface area contributed by atoms with Crippen LogP contribution in [0.25, 0.3) is 5.69 Å². The molecule has 0 N–H and O–H groups in total. The molecule has 2 heterocycles. The van der Waals surface area contributed by atoms with Crippen molar-refractivity contribution in [3.05, 3.63) is 119 Å². The predicted octanol–water partition coefficient (Wildman–Crippen LogP) is 6.29. The number of benzene rings is 3. The van der Waals surface area contributed by atoms with Gasteiger partial charge in [0.2, 0.25) is 0 Å². The van der Waals surface area contributed by atoms with Gasteiger partial charge < -0.3 is 23.8 Å². The van der Waals surface area contributed by atoms with Crippen LogP contribution in [0.15, 0.2) is 96.6 Å². The lowest BCUT2D eigenvalue weighted by molar-refractivity contribution is 0.0330. The monoisotopic (exact) mass is 570 g/mol. The van der Waals surface area contributed by atoms with Crippen molar-refractivity contribution >= 4 is 16.5 Å². The quantitative estimate of drug-likeness (QED) is 0.137. The van der Waals surface area contributed by atoms with Crippen molar-refractivity contribution in [2.45, 2.75) is 26.3 Å². The Kier molecular flexibility index (Phi) is 9.99. The molecular weight excluding hydrogens is 536 g/mol. The van der Waals surface area contributed by atoms with Crippen molar-refractivity contribution in [2.75, 3.05) is 32.3 Å². The van der Waals surface area contributed by atoms with Crippen molar-refractivity contribution < 1.29 is 18.9 Å². The molecule has 0 amide bonds. The Morgan fingerprint density at radius 2 is 1.41 bits per heavy atom. The maximum atomic E-state index is 5.87. The Hall–Kier alpha value is -4.18. The topological polar surface area (TPSA) is 70.9 Å². The van der Waals surface area contributed by atoms with Gasteiger partial charge in [0.05, 0.1) is 52.0 Å². The van der Waals surface area contributed by atoms with E-state index in [1.807, 2.05) is 53.3 Å². The van der Waals surface area contributed by atoms with Gasteiger partial charge in [-0.3, -0.25) is 0 Å². The van der Waals surface area contributed by atoms with E-state index in [0.29, 0.717) is 39.5 Å². The van der Waals surface area contributed by atoms with Gasteiger partial charge >= 0.3 is 0 Å². The first kappa shape index (κ1) is 28.4. The van der Waals surface area contributed by atoms with Crippen molar-refractivity contribution in [1.29, 1.82) is 0 Å². The first-order valence-corrected chi connectivity index (χ1v) is 14.3.